The van der Waals surface area contributed by atoms with Crippen molar-refractivity contribution in [1.82, 2.24) is 0 Å². The van der Waals surface area contributed by atoms with E-state index >= 15 is 0 Å². The summed E-state index contributed by atoms with van der Waals surface area (Å²) >= 11 is 0. The van der Waals surface area contributed by atoms with Gasteiger partial charge in [-0.15, -0.1) is 0 Å². The van der Waals surface area contributed by atoms with Gasteiger partial charge in [-0.05, 0) is 38.5 Å². The first kappa shape index (κ1) is 67.3. The van der Waals surface area contributed by atoms with Crippen LogP contribution in [0.2, 0.25) is 0 Å². The summed E-state index contributed by atoms with van der Waals surface area (Å²) in [6, 6.07) is 0. The molecule has 0 aliphatic carbocycles. The molecule has 369 valence electrons. The van der Waals surface area contributed by atoms with Crippen LogP contribution in [0, 0.1) is 37.3 Å². The van der Waals surface area contributed by atoms with Gasteiger partial charge in [-0.25, -0.2) is 0 Å². The smallest absolute Gasteiger partial charge is 0.550 e. The summed E-state index contributed by atoms with van der Waals surface area (Å²) in [6.45, 7) is 6.80. The molecule has 61 heavy (non-hydrogen) atoms. The molecule has 0 saturated carbocycles. The van der Waals surface area contributed by atoms with E-state index in [-0.39, 0.29) is 56.6 Å². The summed E-state index contributed by atoms with van der Waals surface area (Å²) in [5.41, 5.74) is 0. The van der Waals surface area contributed by atoms with E-state index in [2.05, 4.69) is 20.8 Å². The second-order valence-corrected chi connectivity index (χ2v) is 18.2. The molecule has 6 nitrogen and oxygen atoms in total. The van der Waals surface area contributed by atoms with Gasteiger partial charge in [-0.2, -0.15) is 0 Å². The number of aliphatic carboxylic acids is 3. The molecule has 0 spiro atoms. The molecule has 0 aromatic heterocycles. The molecule has 0 heterocycles. The Bertz CT molecular complexity index is 717. The summed E-state index contributed by atoms with van der Waals surface area (Å²) in [5.74, 6) is -2.71. The van der Waals surface area contributed by atoms with Crippen LogP contribution in [0.15, 0.2) is 0 Å². The predicted octanol–water partition coefficient (Wildman–Crippen LogP) is 15.0. The third-order valence-corrected chi connectivity index (χ3v) is 12.0. The first-order chi connectivity index (χ1) is 29.3. The number of hydrogen-bond acceptors (Lipinski definition) is 6. The number of carbonyl (C=O) groups is 3. The summed E-state index contributed by atoms with van der Waals surface area (Å²) in [4.78, 5) is 30.7. The Kier molecular flexibility index (Phi) is 70.5. The van der Waals surface area contributed by atoms with E-state index in [1.165, 1.54) is 250 Å². The Morgan fingerprint density at radius 1 is 0.213 bits per heavy atom. The maximum atomic E-state index is 10.2. The van der Waals surface area contributed by atoms with Crippen LogP contribution in [0.5, 0.6) is 0 Å². The molecule has 0 amide bonds. The fourth-order valence-corrected chi connectivity index (χ4v) is 7.92. The average Bonchev–Trinajstić information content (AvgIpc) is 3.22. The van der Waals surface area contributed by atoms with Gasteiger partial charge in [0.05, 0.1) is 0 Å². The summed E-state index contributed by atoms with van der Waals surface area (Å²) < 4.78 is 0. The Morgan fingerprint density at radius 3 is 0.410 bits per heavy atom. The molecular weight excluding hydrogens is 912 g/mol. The minimum atomic E-state index is -0.903. The van der Waals surface area contributed by atoms with Crippen molar-refractivity contribution in [3.63, 3.8) is 0 Å². The van der Waals surface area contributed by atoms with Crippen LogP contribution in [-0.4, -0.2) is 17.9 Å². The van der Waals surface area contributed by atoms with Crippen molar-refractivity contribution in [3.8, 4) is 0 Å². The number of carbonyl (C=O) groups excluding carboxylic acids is 3. The van der Waals surface area contributed by atoms with Crippen molar-refractivity contribution in [2.24, 2.45) is 0 Å². The molecule has 0 aliphatic heterocycles. The Hall–Kier alpha value is -0.343. The summed E-state index contributed by atoms with van der Waals surface area (Å²) in [7, 11) is 0. The molecule has 0 aliphatic rings. The quantitative estimate of drug-likeness (QED) is 0.0560. The first-order valence-electron chi connectivity index (χ1n) is 26.9. The van der Waals surface area contributed by atoms with Gasteiger partial charge in [0.1, 0.15) is 0 Å². The minimum Gasteiger partial charge on any atom is -0.550 e. The largest absolute Gasteiger partial charge is 3.00 e. The van der Waals surface area contributed by atoms with E-state index in [1.54, 1.807) is 0 Å². The maximum absolute atomic E-state index is 10.2. The Morgan fingerprint density at radius 2 is 0.311 bits per heavy atom. The third kappa shape index (κ3) is 77.3. The molecule has 0 bridgehead atoms. The molecule has 0 rings (SSSR count). The van der Waals surface area contributed by atoms with Crippen LogP contribution in [0.25, 0.3) is 0 Å². The zero-order valence-electron chi connectivity index (χ0n) is 41.2. The fraction of sp³-hybridized carbons (Fsp3) is 0.944. The average molecular weight is 1020 g/mol. The first-order valence-corrected chi connectivity index (χ1v) is 26.9. The van der Waals surface area contributed by atoms with E-state index in [0.29, 0.717) is 0 Å². The molecule has 1 radical (unpaired) electrons. The number of unbranched alkanes of at least 4 members (excludes halogenated alkanes) is 42. The predicted molar refractivity (Wildman–Crippen MR) is 254 cm³/mol. The third-order valence-electron chi connectivity index (χ3n) is 12.0. The molecule has 0 aromatic carbocycles. The zero-order valence-corrected chi connectivity index (χ0v) is 43.0. The summed E-state index contributed by atoms with van der Waals surface area (Å²) in [6.07, 6.45) is 59.6. The van der Waals surface area contributed by atoms with Gasteiger partial charge in [-0.1, -0.05) is 290 Å². The normalized spacial score (nSPS) is 10.7. The number of rotatable bonds is 48. The number of carboxylic acids is 3. The van der Waals surface area contributed by atoms with E-state index in [0.717, 1.165) is 38.5 Å². The molecular formula is C54H105ErO6. The molecule has 0 saturated heterocycles. The van der Waals surface area contributed by atoms with E-state index in [4.69, 9.17) is 0 Å². The van der Waals surface area contributed by atoms with Crippen molar-refractivity contribution in [2.75, 3.05) is 0 Å². The van der Waals surface area contributed by atoms with Gasteiger partial charge in [-0.3, -0.25) is 0 Å². The fourth-order valence-electron chi connectivity index (χ4n) is 7.92. The van der Waals surface area contributed by atoms with Crippen molar-refractivity contribution in [2.45, 2.75) is 329 Å². The zero-order chi connectivity index (χ0) is 44.7. The Labute approximate surface area is 411 Å². The molecule has 0 aromatic rings. The number of hydrogen-bond donors (Lipinski definition) is 0. The molecule has 0 atom stereocenters. The van der Waals surface area contributed by atoms with E-state index in [1.807, 2.05) is 0 Å². The van der Waals surface area contributed by atoms with Crippen LogP contribution < -0.4 is 15.3 Å². The molecule has 0 N–H and O–H groups in total. The van der Waals surface area contributed by atoms with Crippen LogP contribution in [0.4, 0.5) is 0 Å². The van der Waals surface area contributed by atoms with Gasteiger partial charge in [0.15, 0.2) is 0 Å². The van der Waals surface area contributed by atoms with Gasteiger partial charge < -0.3 is 29.7 Å². The van der Waals surface area contributed by atoms with Crippen LogP contribution in [0.1, 0.15) is 329 Å². The van der Waals surface area contributed by atoms with Gasteiger partial charge in [0.25, 0.3) is 0 Å². The number of carboxylic acid groups (broad SMARTS) is 3. The van der Waals surface area contributed by atoms with Crippen LogP contribution in [-0.2, 0) is 14.4 Å². The van der Waals surface area contributed by atoms with Crippen molar-refractivity contribution < 1.29 is 67.0 Å². The second-order valence-electron chi connectivity index (χ2n) is 18.2. The van der Waals surface area contributed by atoms with Crippen molar-refractivity contribution in [3.05, 3.63) is 0 Å². The maximum Gasteiger partial charge on any atom is 3.00 e. The van der Waals surface area contributed by atoms with Gasteiger partial charge >= 0.3 is 37.3 Å². The monoisotopic (exact) mass is 1020 g/mol. The van der Waals surface area contributed by atoms with E-state index < -0.39 is 17.9 Å². The SMILES string of the molecule is CCCCCCCCCCCCCCCCCC(=O)[O-].CCCCCCCCCCCCCCCCCC(=O)[O-].CCCCCCCCCCCCCCCCCC(=O)[O-].[Er+3]. The van der Waals surface area contributed by atoms with Gasteiger partial charge in [0, 0.05) is 17.9 Å². The molecule has 0 fully saturated rings. The second kappa shape index (κ2) is 63.9. The topological polar surface area (TPSA) is 120 Å². The van der Waals surface area contributed by atoms with Gasteiger partial charge in [0.2, 0.25) is 0 Å². The van der Waals surface area contributed by atoms with E-state index in [9.17, 15) is 29.7 Å². The Balaban J connectivity index is -0.000000396. The van der Waals surface area contributed by atoms with Crippen LogP contribution >= 0.6 is 0 Å². The van der Waals surface area contributed by atoms with Crippen molar-refractivity contribution >= 4 is 17.9 Å². The molecule has 7 heteroatoms. The minimum absolute atomic E-state index is 0. The molecule has 0 unspecified atom stereocenters. The standard InChI is InChI=1S/3C18H36O2.Er/c3*1-2-3-4-5-6-7-8-9-10-11-12-13-14-15-16-17-18(19)20;/h3*2-17H2,1H3,(H,19,20);/q;;;+3/p-3. The van der Waals surface area contributed by atoms with Crippen LogP contribution in [0.3, 0.4) is 0 Å². The van der Waals surface area contributed by atoms with Crippen molar-refractivity contribution in [1.29, 1.82) is 0 Å². The summed E-state index contributed by atoms with van der Waals surface area (Å²) in [5, 5.41) is 30.7.